The standard InChI is InChI=1S/C29H42F2N4O6/c1-19(2)15-21(25(37)29(3)9-10-29)33-26(38)22(16-20-7-5-4-6-8-20)34-27(39)23(18-41-28(30)31)32-24(36)17-35-11-13-40-14-12-35/h4-8,19,21-23,28H,9-18H2,1-3H3,(H,32,36)(H,33,38)(H,34,39)/t21-,22-,23-/m0/s1. The van der Waals surface area contributed by atoms with Crippen LogP contribution in [-0.2, 0) is 35.1 Å². The molecule has 3 N–H and O–H groups in total. The van der Waals surface area contributed by atoms with Crippen LogP contribution in [0.15, 0.2) is 30.3 Å². The summed E-state index contributed by atoms with van der Waals surface area (Å²) in [7, 11) is 0. The number of ether oxygens (including phenoxy) is 2. The van der Waals surface area contributed by atoms with Crippen molar-refractivity contribution in [2.45, 2.75) is 71.2 Å². The maximum absolute atomic E-state index is 13.6. The molecule has 1 aromatic rings. The van der Waals surface area contributed by atoms with E-state index in [2.05, 4.69) is 20.7 Å². The lowest BCUT2D eigenvalue weighted by Gasteiger charge is -2.28. The predicted molar refractivity (Wildman–Crippen MR) is 147 cm³/mol. The van der Waals surface area contributed by atoms with E-state index in [0.717, 1.165) is 18.4 Å². The second kappa shape index (κ2) is 15.3. The summed E-state index contributed by atoms with van der Waals surface area (Å²) in [5.41, 5.74) is 0.276. The molecular formula is C29H42F2N4O6. The Labute approximate surface area is 239 Å². The maximum atomic E-state index is 13.6. The van der Waals surface area contributed by atoms with Crippen molar-refractivity contribution in [1.82, 2.24) is 20.9 Å². The first-order chi connectivity index (χ1) is 19.5. The quantitative estimate of drug-likeness (QED) is 0.272. The second-order valence-electron chi connectivity index (χ2n) is 11.5. The van der Waals surface area contributed by atoms with Crippen LogP contribution in [0.2, 0.25) is 0 Å². The van der Waals surface area contributed by atoms with Crippen molar-refractivity contribution in [2.24, 2.45) is 11.3 Å². The van der Waals surface area contributed by atoms with Gasteiger partial charge >= 0.3 is 6.61 Å². The molecule has 2 aliphatic rings. The Hall–Kier alpha value is -2.96. The Kier molecular flexibility index (Phi) is 12.2. The minimum atomic E-state index is -3.16. The molecule has 228 valence electrons. The largest absolute Gasteiger partial charge is 0.379 e. The lowest BCUT2D eigenvalue weighted by atomic mass is 9.91. The van der Waals surface area contributed by atoms with Gasteiger partial charge in [-0.2, -0.15) is 8.78 Å². The number of halogens is 2. The molecule has 3 atom stereocenters. The zero-order valence-corrected chi connectivity index (χ0v) is 24.0. The van der Waals surface area contributed by atoms with Gasteiger partial charge in [-0.15, -0.1) is 0 Å². The van der Waals surface area contributed by atoms with Crippen LogP contribution in [0.3, 0.4) is 0 Å². The van der Waals surface area contributed by atoms with Gasteiger partial charge < -0.3 is 25.4 Å². The molecule has 0 spiro atoms. The minimum absolute atomic E-state index is 0.0390. The molecule has 0 unspecified atom stereocenters. The van der Waals surface area contributed by atoms with E-state index in [0.29, 0.717) is 32.7 Å². The summed E-state index contributed by atoms with van der Waals surface area (Å²) >= 11 is 0. The van der Waals surface area contributed by atoms with E-state index < -0.39 is 54.5 Å². The highest BCUT2D eigenvalue weighted by molar-refractivity contribution is 5.97. The number of rotatable bonds is 16. The Balaban J connectivity index is 1.75. The van der Waals surface area contributed by atoms with E-state index in [4.69, 9.17) is 4.74 Å². The monoisotopic (exact) mass is 580 g/mol. The van der Waals surface area contributed by atoms with E-state index in [1.165, 1.54) is 0 Å². The van der Waals surface area contributed by atoms with Gasteiger partial charge in [0.1, 0.15) is 12.1 Å². The Morgan fingerprint density at radius 2 is 1.56 bits per heavy atom. The predicted octanol–water partition coefficient (Wildman–Crippen LogP) is 1.67. The van der Waals surface area contributed by atoms with E-state index in [1.54, 1.807) is 24.3 Å². The summed E-state index contributed by atoms with van der Waals surface area (Å²) in [5, 5.41) is 7.92. The van der Waals surface area contributed by atoms with E-state index in [-0.39, 0.29) is 24.7 Å². The molecule has 1 saturated carbocycles. The summed E-state index contributed by atoms with van der Waals surface area (Å²) in [5.74, 6) is -1.87. The van der Waals surface area contributed by atoms with E-state index in [9.17, 15) is 28.0 Å². The number of carbonyl (C=O) groups is 4. The van der Waals surface area contributed by atoms with Crippen molar-refractivity contribution in [3.63, 3.8) is 0 Å². The first kappa shape index (κ1) is 32.6. The van der Waals surface area contributed by atoms with E-state index in [1.807, 2.05) is 31.7 Å². The highest BCUT2D eigenvalue weighted by Gasteiger charge is 2.48. The molecule has 0 radical (unpaired) electrons. The van der Waals surface area contributed by atoms with Crippen molar-refractivity contribution in [2.75, 3.05) is 39.5 Å². The molecule has 12 heteroatoms. The van der Waals surface area contributed by atoms with Crippen LogP contribution in [0.25, 0.3) is 0 Å². The van der Waals surface area contributed by atoms with Gasteiger partial charge in [0.05, 0.1) is 32.4 Å². The van der Waals surface area contributed by atoms with Crippen LogP contribution in [0, 0.1) is 11.3 Å². The van der Waals surface area contributed by atoms with Crippen molar-refractivity contribution in [1.29, 1.82) is 0 Å². The van der Waals surface area contributed by atoms with Crippen molar-refractivity contribution in [3.8, 4) is 0 Å². The molecule has 1 aliphatic heterocycles. The highest BCUT2D eigenvalue weighted by atomic mass is 19.3. The Morgan fingerprint density at radius 1 is 0.951 bits per heavy atom. The number of Topliss-reactive ketones (excluding diaryl/α,β-unsaturated/α-hetero) is 1. The smallest absolute Gasteiger partial charge is 0.345 e. The van der Waals surface area contributed by atoms with Crippen LogP contribution < -0.4 is 16.0 Å². The molecule has 41 heavy (non-hydrogen) atoms. The molecule has 1 saturated heterocycles. The third kappa shape index (κ3) is 10.8. The number of morpholine rings is 1. The van der Waals surface area contributed by atoms with Crippen LogP contribution in [0.5, 0.6) is 0 Å². The summed E-state index contributed by atoms with van der Waals surface area (Å²) < 4.78 is 35.4. The van der Waals surface area contributed by atoms with Gasteiger partial charge in [0.15, 0.2) is 5.78 Å². The van der Waals surface area contributed by atoms with Crippen molar-refractivity contribution >= 4 is 23.5 Å². The molecule has 1 heterocycles. The van der Waals surface area contributed by atoms with Crippen LogP contribution in [-0.4, -0.2) is 92.6 Å². The molecule has 3 amide bonds. The third-order valence-corrected chi connectivity index (χ3v) is 7.36. The molecule has 1 aliphatic carbocycles. The fraction of sp³-hybridized carbons (Fsp3) is 0.655. The fourth-order valence-corrected chi connectivity index (χ4v) is 4.72. The average Bonchev–Trinajstić information content (AvgIpc) is 3.68. The molecule has 3 rings (SSSR count). The second-order valence-corrected chi connectivity index (χ2v) is 11.5. The number of alkyl halides is 2. The number of hydrogen-bond acceptors (Lipinski definition) is 7. The number of carbonyl (C=O) groups excluding carboxylic acids is 4. The SMILES string of the molecule is CC(C)C[C@H](NC(=O)[C@H](Cc1ccccc1)NC(=O)[C@H](COC(F)F)NC(=O)CN1CCOCC1)C(=O)C1(C)CC1. The Bertz CT molecular complexity index is 1030. The van der Waals surface area contributed by atoms with Gasteiger partial charge in [-0.25, -0.2) is 0 Å². The first-order valence-corrected chi connectivity index (χ1v) is 14.1. The number of benzene rings is 1. The molecule has 0 bridgehead atoms. The third-order valence-electron chi connectivity index (χ3n) is 7.36. The van der Waals surface area contributed by atoms with Crippen LogP contribution in [0.4, 0.5) is 8.78 Å². The molecule has 10 nitrogen and oxygen atoms in total. The Morgan fingerprint density at radius 3 is 2.15 bits per heavy atom. The van der Waals surface area contributed by atoms with E-state index >= 15 is 0 Å². The molecule has 0 aromatic heterocycles. The van der Waals surface area contributed by atoms with Crippen molar-refractivity contribution < 1.29 is 37.4 Å². The first-order valence-electron chi connectivity index (χ1n) is 14.1. The lowest BCUT2D eigenvalue weighted by Crippen LogP contribution is -2.58. The zero-order valence-electron chi connectivity index (χ0n) is 24.0. The topological polar surface area (TPSA) is 126 Å². The number of amides is 3. The summed E-state index contributed by atoms with van der Waals surface area (Å²) in [4.78, 5) is 54.6. The van der Waals surface area contributed by atoms with Crippen molar-refractivity contribution in [3.05, 3.63) is 35.9 Å². The summed E-state index contributed by atoms with van der Waals surface area (Å²) in [6.07, 6.45) is 2.05. The summed E-state index contributed by atoms with van der Waals surface area (Å²) in [6, 6.07) is 5.63. The molecule has 1 aromatic carbocycles. The van der Waals surface area contributed by atoms with Gasteiger partial charge in [-0.05, 0) is 30.7 Å². The zero-order chi connectivity index (χ0) is 30.0. The number of nitrogens with zero attached hydrogens (tertiary/aromatic N) is 1. The number of nitrogens with one attached hydrogen (secondary N) is 3. The minimum Gasteiger partial charge on any atom is -0.379 e. The van der Waals surface area contributed by atoms with Crippen LogP contribution >= 0.6 is 0 Å². The summed E-state index contributed by atoms with van der Waals surface area (Å²) in [6.45, 7) is 3.76. The van der Waals surface area contributed by atoms with Gasteiger partial charge in [-0.3, -0.25) is 24.1 Å². The highest BCUT2D eigenvalue weighted by Crippen LogP contribution is 2.47. The average molecular weight is 581 g/mol. The van der Waals surface area contributed by atoms with Gasteiger partial charge in [0, 0.05) is 24.9 Å². The maximum Gasteiger partial charge on any atom is 0.345 e. The number of hydrogen-bond donors (Lipinski definition) is 3. The normalized spacial score (nSPS) is 18.8. The van der Waals surface area contributed by atoms with Gasteiger partial charge in [-0.1, -0.05) is 51.1 Å². The van der Waals surface area contributed by atoms with Gasteiger partial charge in [0.25, 0.3) is 0 Å². The lowest BCUT2D eigenvalue weighted by molar-refractivity contribution is -0.148. The molecule has 2 fully saturated rings. The van der Waals surface area contributed by atoms with Crippen LogP contribution in [0.1, 0.15) is 45.6 Å². The number of ketones is 1. The fourth-order valence-electron chi connectivity index (χ4n) is 4.72. The molecular weight excluding hydrogens is 538 g/mol. The van der Waals surface area contributed by atoms with Gasteiger partial charge in [0.2, 0.25) is 17.7 Å².